The minimum atomic E-state index is 0.0800. The molecule has 114 valence electrons. The number of piperazine rings is 1. The highest BCUT2D eigenvalue weighted by Crippen LogP contribution is 2.30. The van der Waals surface area contributed by atoms with Gasteiger partial charge in [0.15, 0.2) is 0 Å². The zero-order valence-corrected chi connectivity index (χ0v) is 13.0. The van der Waals surface area contributed by atoms with Crippen LogP contribution in [0.1, 0.15) is 36.9 Å². The van der Waals surface area contributed by atoms with Crippen LogP contribution in [0, 0.1) is 6.92 Å². The van der Waals surface area contributed by atoms with Crippen LogP contribution in [0.15, 0.2) is 24.3 Å². The Balaban J connectivity index is 1.79. The molecule has 3 atom stereocenters. The van der Waals surface area contributed by atoms with E-state index in [9.17, 15) is 4.79 Å². The molecule has 2 aliphatic heterocycles. The molecule has 0 radical (unpaired) electrons. The van der Waals surface area contributed by atoms with Gasteiger partial charge in [0.25, 0.3) is 0 Å². The Morgan fingerprint density at radius 1 is 1.24 bits per heavy atom. The first-order chi connectivity index (χ1) is 10.1. The van der Waals surface area contributed by atoms with Crippen molar-refractivity contribution in [3.63, 3.8) is 0 Å². The van der Waals surface area contributed by atoms with E-state index in [2.05, 4.69) is 47.9 Å². The molecule has 0 aromatic heterocycles. The summed E-state index contributed by atoms with van der Waals surface area (Å²) in [5.41, 5.74) is 8.84. The molecule has 3 rings (SSSR count). The normalized spacial score (nSPS) is 25.8. The first kappa shape index (κ1) is 14.5. The second kappa shape index (κ2) is 5.78. The highest BCUT2D eigenvalue weighted by Gasteiger charge is 2.38. The van der Waals surface area contributed by atoms with Crippen LogP contribution in [0.5, 0.6) is 0 Å². The van der Waals surface area contributed by atoms with Gasteiger partial charge in [-0.15, -0.1) is 0 Å². The third kappa shape index (κ3) is 2.83. The Morgan fingerprint density at radius 3 is 2.62 bits per heavy atom. The van der Waals surface area contributed by atoms with E-state index in [0.29, 0.717) is 18.4 Å². The van der Waals surface area contributed by atoms with Gasteiger partial charge in [0.05, 0.1) is 0 Å². The highest BCUT2D eigenvalue weighted by molar-refractivity contribution is 5.78. The molecular formula is C17H25N3O. The number of carbonyl (C=O) groups excluding carboxylic acids is 1. The van der Waals surface area contributed by atoms with Crippen molar-refractivity contribution in [2.45, 2.75) is 44.8 Å². The molecule has 1 aromatic rings. The maximum Gasteiger partial charge on any atom is 0.222 e. The van der Waals surface area contributed by atoms with E-state index in [1.165, 1.54) is 11.1 Å². The van der Waals surface area contributed by atoms with Crippen molar-refractivity contribution >= 4 is 5.91 Å². The first-order valence-electron chi connectivity index (χ1n) is 7.92. The molecule has 2 heterocycles. The lowest BCUT2D eigenvalue weighted by Crippen LogP contribution is -2.54. The average Bonchev–Trinajstić information content (AvgIpc) is 2.82. The molecule has 2 aliphatic rings. The maximum atomic E-state index is 11.8. The smallest absolute Gasteiger partial charge is 0.222 e. The van der Waals surface area contributed by atoms with Gasteiger partial charge >= 0.3 is 0 Å². The van der Waals surface area contributed by atoms with E-state index in [1.54, 1.807) is 0 Å². The van der Waals surface area contributed by atoms with Crippen molar-refractivity contribution in [1.29, 1.82) is 0 Å². The van der Waals surface area contributed by atoms with Crippen LogP contribution in [0.2, 0.25) is 0 Å². The molecule has 0 spiro atoms. The molecule has 21 heavy (non-hydrogen) atoms. The van der Waals surface area contributed by atoms with E-state index in [1.807, 2.05) is 0 Å². The fraction of sp³-hybridized carbons (Fsp3) is 0.588. The van der Waals surface area contributed by atoms with Crippen molar-refractivity contribution in [2.24, 2.45) is 5.73 Å². The summed E-state index contributed by atoms with van der Waals surface area (Å²) in [6.45, 7) is 6.90. The summed E-state index contributed by atoms with van der Waals surface area (Å²) in [5.74, 6) is 0.326. The van der Waals surface area contributed by atoms with Gasteiger partial charge in [-0.1, -0.05) is 29.8 Å². The molecule has 2 saturated heterocycles. The Kier molecular flexibility index (Phi) is 4.00. The van der Waals surface area contributed by atoms with Gasteiger partial charge in [-0.3, -0.25) is 9.69 Å². The van der Waals surface area contributed by atoms with E-state index in [0.717, 1.165) is 26.1 Å². The van der Waals surface area contributed by atoms with Crippen LogP contribution >= 0.6 is 0 Å². The lowest BCUT2D eigenvalue weighted by Gasteiger charge is -2.43. The second-order valence-electron chi connectivity index (χ2n) is 6.49. The predicted molar refractivity (Wildman–Crippen MR) is 83.9 cm³/mol. The molecule has 1 aromatic carbocycles. The van der Waals surface area contributed by atoms with Crippen LogP contribution in [0.4, 0.5) is 0 Å². The number of hydrogen-bond donors (Lipinski definition) is 1. The standard InChI is InChI=1S/C17H25N3O/c1-12-3-5-14(6-4-12)17(13(2)18)19-9-10-20-15(11-19)7-8-16(20)21/h3-6,13,15,17H,7-11,18H2,1-2H3. The van der Waals surface area contributed by atoms with Gasteiger partial charge < -0.3 is 10.6 Å². The van der Waals surface area contributed by atoms with Gasteiger partial charge in [-0.25, -0.2) is 0 Å². The van der Waals surface area contributed by atoms with Crippen LogP contribution in [0.25, 0.3) is 0 Å². The predicted octanol–water partition coefficient (Wildman–Crippen LogP) is 1.69. The molecule has 3 unspecified atom stereocenters. The Hall–Kier alpha value is -1.39. The number of amides is 1. The summed E-state index contributed by atoms with van der Waals surface area (Å²) < 4.78 is 0. The number of nitrogens with two attached hydrogens (primary N) is 1. The van der Waals surface area contributed by atoms with E-state index in [4.69, 9.17) is 5.73 Å². The molecule has 0 aliphatic carbocycles. The van der Waals surface area contributed by atoms with Crippen molar-refractivity contribution in [2.75, 3.05) is 19.6 Å². The lowest BCUT2D eigenvalue weighted by atomic mass is 9.96. The number of nitrogens with zero attached hydrogens (tertiary/aromatic N) is 2. The largest absolute Gasteiger partial charge is 0.337 e. The van der Waals surface area contributed by atoms with Crippen molar-refractivity contribution in [1.82, 2.24) is 9.80 Å². The summed E-state index contributed by atoms with van der Waals surface area (Å²) in [6, 6.07) is 9.39. The Morgan fingerprint density at radius 2 is 1.95 bits per heavy atom. The number of benzene rings is 1. The van der Waals surface area contributed by atoms with Crippen molar-refractivity contribution < 1.29 is 4.79 Å². The van der Waals surface area contributed by atoms with Gasteiger partial charge in [0.2, 0.25) is 5.91 Å². The highest BCUT2D eigenvalue weighted by atomic mass is 16.2. The van der Waals surface area contributed by atoms with Gasteiger partial charge in [-0.2, -0.15) is 0 Å². The van der Waals surface area contributed by atoms with Crippen LogP contribution in [-0.4, -0.2) is 47.4 Å². The molecular weight excluding hydrogens is 262 g/mol. The number of fused-ring (bicyclic) bond motifs is 1. The van der Waals surface area contributed by atoms with Crippen LogP contribution in [-0.2, 0) is 4.79 Å². The molecule has 1 amide bonds. The minimum Gasteiger partial charge on any atom is -0.337 e. The number of carbonyl (C=O) groups is 1. The van der Waals surface area contributed by atoms with Crippen LogP contribution < -0.4 is 5.73 Å². The third-order valence-corrected chi connectivity index (χ3v) is 4.84. The number of rotatable bonds is 3. The molecule has 0 saturated carbocycles. The topological polar surface area (TPSA) is 49.6 Å². The summed E-state index contributed by atoms with van der Waals surface area (Å²) in [6.07, 6.45) is 1.71. The molecule has 4 nitrogen and oxygen atoms in total. The monoisotopic (exact) mass is 287 g/mol. The fourth-order valence-electron chi connectivity index (χ4n) is 3.75. The Labute approximate surface area is 126 Å². The third-order valence-electron chi connectivity index (χ3n) is 4.84. The zero-order valence-electron chi connectivity index (χ0n) is 13.0. The van der Waals surface area contributed by atoms with E-state index >= 15 is 0 Å². The van der Waals surface area contributed by atoms with Gasteiger partial charge in [0, 0.05) is 44.2 Å². The van der Waals surface area contributed by atoms with Crippen LogP contribution in [0.3, 0.4) is 0 Å². The summed E-state index contributed by atoms with van der Waals surface area (Å²) >= 11 is 0. The molecule has 2 N–H and O–H groups in total. The maximum absolute atomic E-state index is 11.8. The molecule has 4 heteroatoms. The van der Waals surface area contributed by atoms with Gasteiger partial charge in [-0.05, 0) is 25.8 Å². The van der Waals surface area contributed by atoms with Gasteiger partial charge in [0.1, 0.15) is 0 Å². The number of hydrogen-bond acceptors (Lipinski definition) is 3. The lowest BCUT2D eigenvalue weighted by molar-refractivity contribution is -0.131. The first-order valence-corrected chi connectivity index (χ1v) is 7.92. The summed E-state index contributed by atoms with van der Waals surface area (Å²) in [5, 5.41) is 0. The fourth-order valence-corrected chi connectivity index (χ4v) is 3.75. The Bertz CT molecular complexity index is 511. The van der Waals surface area contributed by atoms with E-state index < -0.39 is 0 Å². The molecule has 2 fully saturated rings. The summed E-state index contributed by atoms with van der Waals surface area (Å²) in [7, 11) is 0. The second-order valence-corrected chi connectivity index (χ2v) is 6.49. The van der Waals surface area contributed by atoms with E-state index in [-0.39, 0.29) is 12.1 Å². The quantitative estimate of drug-likeness (QED) is 0.920. The minimum absolute atomic E-state index is 0.0800. The average molecular weight is 287 g/mol. The number of aryl methyl sites for hydroxylation is 1. The SMILES string of the molecule is Cc1ccc(C(C(C)N)N2CCN3C(=O)CCC3C2)cc1. The van der Waals surface area contributed by atoms with Crippen molar-refractivity contribution in [3.8, 4) is 0 Å². The van der Waals surface area contributed by atoms with Crippen molar-refractivity contribution in [3.05, 3.63) is 35.4 Å². The molecule has 0 bridgehead atoms. The zero-order chi connectivity index (χ0) is 15.0. The summed E-state index contributed by atoms with van der Waals surface area (Å²) in [4.78, 5) is 16.3.